The minimum absolute atomic E-state index is 0.454. The highest BCUT2D eigenvalue weighted by atomic mass is 14.7. The first-order valence-corrected chi connectivity index (χ1v) is 8.35. The molecule has 0 amide bonds. The van der Waals surface area contributed by atoms with E-state index in [0.29, 0.717) is 24.1 Å². The molecule has 0 N–H and O–H groups in total. The minimum atomic E-state index is 0.454. The number of nitrogens with zero attached hydrogens (tertiary/aromatic N) is 4. The Morgan fingerprint density at radius 3 is 2.31 bits per heavy atom. The lowest BCUT2D eigenvalue weighted by molar-refractivity contribution is 0.889. The molecule has 0 bridgehead atoms. The second kappa shape index (κ2) is 6.63. The van der Waals surface area contributed by atoms with E-state index in [2.05, 4.69) is 22.1 Å². The maximum atomic E-state index is 9.39. The Labute approximate surface area is 151 Å². The summed E-state index contributed by atoms with van der Waals surface area (Å²) in [7, 11) is 0. The molecule has 4 aromatic rings. The van der Waals surface area contributed by atoms with E-state index in [1.165, 1.54) is 0 Å². The normalized spacial score (nSPS) is 10.5. The molecule has 4 heteroatoms. The van der Waals surface area contributed by atoms with E-state index in [-0.39, 0.29) is 0 Å². The zero-order valence-corrected chi connectivity index (χ0v) is 14.0. The second-order valence-electron chi connectivity index (χ2n) is 6.07. The van der Waals surface area contributed by atoms with Crippen molar-refractivity contribution in [3.63, 3.8) is 0 Å². The summed E-state index contributed by atoms with van der Waals surface area (Å²) in [5.74, 6) is 0. The molecule has 0 aliphatic carbocycles. The van der Waals surface area contributed by atoms with Gasteiger partial charge in [-0.25, -0.2) is 4.98 Å². The lowest BCUT2D eigenvalue weighted by Gasteiger charge is -2.08. The van der Waals surface area contributed by atoms with Gasteiger partial charge in [-0.1, -0.05) is 48.5 Å². The fraction of sp³-hybridized carbons (Fsp3) is 0.0909. The Hall–Kier alpha value is -3.76. The lowest BCUT2D eigenvalue weighted by atomic mass is 10.0. The third-order valence-electron chi connectivity index (χ3n) is 4.52. The number of aryl methyl sites for hydroxylation is 2. The molecule has 26 heavy (non-hydrogen) atoms. The number of hydrogen-bond acceptors (Lipinski definition) is 4. The van der Waals surface area contributed by atoms with Gasteiger partial charge in [0.1, 0.15) is 17.8 Å². The zero-order chi connectivity index (χ0) is 17.9. The van der Waals surface area contributed by atoms with Gasteiger partial charge in [-0.3, -0.25) is 4.98 Å². The van der Waals surface area contributed by atoms with Gasteiger partial charge in [0.15, 0.2) is 0 Å². The van der Waals surface area contributed by atoms with Crippen LogP contribution in [-0.4, -0.2) is 9.97 Å². The van der Waals surface area contributed by atoms with Crippen LogP contribution in [0.2, 0.25) is 0 Å². The van der Waals surface area contributed by atoms with Gasteiger partial charge in [0.2, 0.25) is 0 Å². The molecule has 0 unspecified atom stereocenters. The molecule has 2 aromatic heterocycles. The van der Waals surface area contributed by atoms with E-state index in [4.69, 9.17) is 0 Å². The topological polar surface area (TPSA) is 73.4 Å². The number of rotatable bonds is 3. The Morgan fingerprint density at radius 1 is 0.808 bits per heavy atom. The number of nitriles is 2. The zero-order valence-electron chi connectivity index (χ0n) is 14.0. The summed E-state index contributed by atoms with van der Waals surface area (Å²) in [6, 6.07) is 22.0. The molecule has 0 saturated heterocycles. The number of aromatic nitrogens is 2. The van der Waals surface area contributed by atoms with Gasteiger partial charge in [-0.15, -0.1) is 0 Å². The van der Waals surface area contributed by atoms with Gasteiger partial charge >= 0.3 is 0 Å². The predicted octanol–water partition coefficient (Wildman–Crippen LogP) is 4.31. The Bertz CT molecular complexity index is 1210. The molecule has 0 fully saturated rings. The van der Waals surface area contributed by atoms with Gasteiger partial charge in [-0.05, 0) is 24.3 Å². The molecule has 0 saturated carbocycles. The Morgan fingerprint density at radius 2 is 1.54 bits per heavy atom. The van der Waals surface area contributed by atoms with Gasteiger partial charge in [-0.2, -0.15) is 10.5 Å². The van der Waals surface area contributed by atoms with Crippen LogP contribution < -0.4 is 0 Å². The van der Waals surface area contributed by atoms with Crippen LogP contribution >= 0.6 is 0 Å². The molecule has 2 aromatic carbocycles. The molecule has 2 heterocycles. The molecule has 0 spiro atoms. The maximum Gasteiger partial charge on any atom is 0.148 e. The van der Waals surface area contributed by atoms with Crippen LogP contribution in [-0.2, 0) is 12.8 Å². The largest absolute Gasteiger partial charge is 0.259 e. The van der Waals surface area contributed by atoms with Crippen LogP contribution in [0.25, 0.3) is 21.5 Å². The van der Waals surface area contributed by atoms with Gasteiger partial charge in [0.25, 0.3) is 0 Å². The fourth-order valence-electron chi connectivity index (χ4n) is 3.25. The highest BCUT2D eigenvalue weighted by Crippen LogP contribution is 2.23. The monoisotopic (exact) mass is 334 g/mol. The Balaban J connectivity index is 1.71. The lowest BCUT2D eigenvalue weighted by Crippen LogP contribution is -2.00. The summed E-state index contributed by atoms with van der Waals surface area (Å²) >= 11 is 0. The van der Waals surface area contributed by atoms with Crippen LogP contribution in [0.3, 0.4) is 0 Å². The first-order chi connectivity index (χ1) is 12.8. The van der Waals surface area contributed by atoms with Crippen molar-refractivity contribution >= 4 is 21.5 Å². The molecule has 0 aliphatic heterocycles. The smallest absolute Gasteiger partial charge is 0.148 e. The van der Waals surface area contributed by atoms with Crippen molar-refractivity contribution in [2.75, 3.05) is 0 Å². The van der Waals surface area contributed by atoms with Crippen LogP contribution in [0.4, 0.5) is 0 Å². The molecule has 0 atom stereocenters. The first-order valence-electron chi connectivity index (χ1n) is 8.35. The molecule has 0 radical (unpaired) electrons. The highest BCUT2D eigenvalue weighted by Gasteiger charge is 2.09. The van der Waals surface area contributed by atoms with Crippen molar-refractivity contribution in [3.05, 3.63) is 83.4 Å². The third-order valence-corrected chi connectivity index (χ3v) is 4.52. The maximum absolute atomic E-state index is 9.39. The summed E-state index contributed by atoms with van der Waals surface area (Å²) in [6.45, 7) is 0. The van der Waals surface area contributed by atoms with Crippen molar-refractivity contribution in [2.24, 2.45) is 0 Å². The molecule has 0 aliphatic rings. The minimum Gasteiger partial charge on any atom is -0.259 e. The molecule has 4 nitrogen and oxygen atoms in total. The quantitative estimate of drug-likeness (QED) is 0.559. The number of hydrogen-bond donors (Lipinski definition) is 0. The SMILES string of the molecule is N#Cc1nc(CCc2ncc(C#N)c3ccccc23)cc2ccccc12. The number of pyridine rings is 2. The van der Waals surface area contributed by atoms with Crippen molar-refractivity contribution in [1.29, 1.82) is 10.5 Å². The van der Waals surface area contributed by atoms with E-state index >= 15 is 0 Å². The second-order valence-corrected chi connectivity index (χ2v) is 6.07. The van der Waals surface area contributed by atoms with E-state index in [1.54, 1.807) is 6.20 Å². The average Bonchev–Trinajstić information content (AvgIpc) is 2.71. The Kier molecular flexibility index (Phi) is 4.01. The van der Waals surface area contributed by atoms with E-state index in [9.17, 15) is 10.5 Å². The average molecular weight is 334 g/mol. The summed E-state index contributed by atoms with van der Waals surface area (Å²) in [5.41, 5.74) is 2.85. The number of fused-ring (bicyclic) bond motifs is 2. The fourth-order valence-corrected chi connectivity index (χ4v) is 3.25. The van der Waals surface area contributed by atoms with Crippen LogP contribution in [0, 0.1) is 22.7 Å². The summed E-state index contributed by atoms with van der Waals surface area (Å²) in [5, 5.41) is 22.5. The summed E-state index contributed by atoms with van der Waals surface area (Å²) < 4.78 is 0. The van der Waals surface area contributed by atoms with Crippen LogP contribution in [0.5, 0.6) is 0 Å². The molecular weight excluding hydrogens is 320 g/mol. The third kappa shape index (κ3) is 2.75. The summed E-state index contributed by atoms with van der Waals surface area (Å²) in [4.78, 5) is 8.99. The van der Waals surface area contributed by atoms with Crippen LogP contribution in [0.1, 0.15) is 22.6 Å². The molecule has 122 valence electrons. The predicted molar refractivity (Wildman–Crippen MR) is 100 cm³/mol. The van der Waals surface area contributed by atoms with E-state index in [0.717, 1.165) is 32.9 Å². The van der Waals surface area contributed by atoms with Gasteiger partial charge < -0.3 is 0 Å². The van der Waals surface area contributed by atoms with Crippen molar-refractivity contribution < 1.29 is 0 Å². The highest BCUT2D eigenvalue weighted by molar-refractivity contribution is 5.89. The van der Waals surface area contributed by atoms with Crippen molar-refractivity contribution in [2.45, 2.75) is 12.8 Å². The van der Waals surface area contributed by atoms with Gasteiger partial charge in [0.05, 0.1) is 5.56 Å². The van der Waals surface area contributed by atoms with Crippen molar-refractivity contribution in [1.82, 2.24) is 9.97 Å². The molecule has 4 rings (SSSR count). The number of benzene rings is 2. The standard InChI is InChI=1S/C22H14N4/c23-12-16-14-25-21(20-8-4-3-6-18(16)20)10-9-17-11-15-5-1-2-7-19(15)22(13-24)26-17/h1-8,11,14H,9-10H2. The van der Waals surface area contributed by atoms with Gasteiger partial charge in [0, 0.05) is 33.7 Å². The van der Waals surface area contributed by atoms with E-state index < -0.39 is 0 Å². The molecular formula is C22H14N4. The first kappa shape index (κ1) is 15.7. The van der Waals surface area contributed by atoms with E-state index in [1.807, 2.05) is 54.6 Å². The van der Waals surface area contributed by atoms with Crippen LogP contribution in [0.15, 0.2) is 60.8 Å². The summed E-state index contributed by atoms with van der Waals surface area (Å²) in [6.07, 6.45) is 3.01. The van der Waals surface area contributed by atoms with Crippen molar-refractivity contribution in [3.8, 4) is 12.1 Å².